The van der Waals surface area contributed by atoms with Crippen LogP contribution in [0.25, 0.3) is 11.1 Å². The highest BCUT2D eigenvalue weighted by Gasteiger charge is 2.30. The lowest BCUT2D eigenvalue weighted by atomic mass is 9.98. The van der Waals surface area contributed by atoms with Gasteiger partial charge in [-0.2, -0.15) is 12.6 Å². The number of nitrogens with zero attached hydrogens (tertiary/aromatic N) is 1. The lowest BCUT2D eigenvalue weighted by molar-refractivity contribution is -0.144. The standard InChI is InChI=1S/C30H32N2O5S/c1-2-36-28(33)16-17-32(18-21-10-4-3-5-11-21)29(34)27(20-38)31-30(35)37-19-26-24-14-8-6-12-22(24)23-13-7-9-15-25(23)26/h3-15,26-27,38H,2,16-20H2,1H3,(H,31,35)/t27-/m1/s1. The number of esters is 1. The summed E-state index contributed by atoms with van der Waals surface area (Å²) in [6, 6.07) is 24.7. The molecule has 3 aromatic carbocycles. The molecule has 3 aromatic rings. The maximum absolute atomic E-state index is 13.4. The topological polar surface area (TPSA) is 84.9 Å². The molecule has 0 radical (unpaired) electrons. The highest BCUT2D eigenvalue weighted by atomic mass is 32.1. The molecular formula is C30H32N2O5S. The zero-order valence-corrected chi connectivity index (χ0v) is 22.2. The van der Waals surface area contributed by atoms with Gasteiger partial charge in [-0.3, -0.25) is 9.59 Å². The van der Waals surface area contributed by atoms with Gasteiger partial charge in [0.2, 0.25) is 5.91 Å². The lowest BCUT2D eigenvalue weighted by Gasteiger charge is -2.27. The smallest absolute Gasteiger partial charge is 0.407 e. The number of fused-ring (bicyclic) bond motifs is 3. The van der Waals surface area contributed by atoms with E-state index in [4.69, 9.17) is 9.47 Å². The molecule has 8 heteroatoms. The number of rotatable bonds is 11. The van der Waals surface area contributed by atoms with Gasteiger partial charge in [0.15, 0.2) is 0 Å². The van der Waals surface area contributed by atoms with Crippen LogP contribution in [0.2, 0.25) is 0 Å². The van der Waals surface area contributed by atoms with Crippen LogP contribution >= 0.6 is 12.6 Å². The average molecular weight is 533 g/mol. The minimum Gasteiger partial charge on any atom is -0.466 e. The molecule has 1 aliphatic rings. The van der Waals surface area contributed by atoms with Crippen LogP contribution in [0.5, 0.6) is 0 Å². The first-order chi connectivity index (χ1) is 18.5. The molecule has 0 saturated carbocycles. The van der Waals surface area contributed by atoms with E-state index >= 15 is 0 Å². The summed E-state index contributed by atoms with van der Waals surface area (Å²) in [5.41, 5.74) is 5.40. The van der Waals surface area contributed by atoms with Crippen molar-refractivity contribution < 1.29 is 23.9 Å². The van der Waals surface area contributed by atoms with Crippen LogP contribution in [0, 0.1) is 0 Å². The first-order valence-electron chi connectivity index (χ1n) is 12.7. The van der Waals surface area contributed by atoms with Crippen molar-refractivity contribution in [1.29, 1.82) is 0 Å². The predicted molar refractivity (Wildman–Crippen MR) is 149 cm³/mol. The molecule has 2 amide bonds. The van der Waals surface area contributed by atoms with Crippen molar-refractivity contribution >= 4 is 30.6 Å². The second-order valence-electron chi connectivity index (χ2n) is 9.01. The SMILES string of the molecule is CCOC(=O)CCN(Cc1ccccc1)C(=O)[C@@H](CS)NC(=O)OCC1c2ccccc2-c2ccccc21. The maximum atomic E-state index is 13.4. The van der Waals surface area contributed by atoms with E-state index < -0.39 is 12.1 Å². The summed E-state index contributed by atoms with van der Waals surface area (Å²) >= 11 is 4.31. The third kappa shape index (κ3) is 6.55. The molecule has 38 heavy (non-hydrogen) atoms. The quantitative estimate of drug-likeness (QED) is 0.274. The van der Waals surface area contributed by atoms with Crippen LogP contribution < -0.4 is 5.32 Å². The number of carbonyl (C=O) groups excluding carboxylic acids is 3. The van der Waals surface area contributed by atoms with Gasteiger partial charge in [0, 0.05) is 24.8 Å². The Morgan fingerprint density at radius 2 is 1.50 bits per heavy atom. The predicted octanol–water partition coefficient (Wildman–Crippen LogP) is 4.81. The Kier molecular flexibility index (Phi) is 9.43. The summed E-state index contributed by atoms with van der Waals surface area (Å²) in [6.07, 6.45) is -0.638. The van der Waals surface area contributed by atoms with Gasteiger partial charge in [0.25, 0.3) is 0 Å². The molecule has 1 atom stereocenters. The van der Waals surface area contributed by atoms with Crippen molar-refractivity contribution in [3.63, 3.8) is 0 Å². The van der Waals surface area contributed by atoms with Gasteiger partial charge in [-0.05, 0) is 34.7 Å². The van der Waals surface area contributed by atoms with E-state index in [1.165, 1.54) is 4.90 Å². The third-order valence-corrected chi connectivity index (χ3v) is 6.90. The zero-order valence-electron chi connectivity index (χ0n) is 21.3. The summed E-state index contributed by atoms with van der Waals surface area (Å²) in [6.45, 7) is 2.59. The fraction of sp³-hybridized carbons (Fsp3) is 0.300. The van der Waals surface area contributed by atoms with Gasteiger partial charge in [-0.25, -0.2) is 4.79 Å². The molecule has 7 nitrogen and oxygen atoms in total. The summed E-state index contributed by atoms with van der Waals surface area (Å²) in [4.78, 5) is 39.7. The van der Waals surface area contributed by atoms with E-state index in [1.807, 2.05) is 66.7 Å². The number of thiol groups is 1. The Bertz CT molecular complexity index is 1220. The molecule has 4 rings (SSSR count). The Morgan fingerprint density at radius 3 is 2.11 bits per heavy atom. The number of amides is 2. The molecule has 0 aromatic heterocycles. The molecule has 0 spiro atoms. The molecule has 0 bridgehead atoms. The van der Waals surface area contributed by atoms with Crippen LogP contribution in [0.15, 0.2) is 78.9 Å². The van der Waals surface area contributed by atoms with Crippen molar-refractivity contribution in [3.05, 3.63) is 95.6 Å². The van der Waals surface area contributed by atoms with E-state index in [0.29, 0.717) is 0 Å². The molecule has 0 heterocycles. The van der Waals surface area contributed by atoms with Crippen molar-refractivity contribution in [2.75, 3.05) is 25.5 Å². The number of nitrogens with one attached hydrogen (secondary N) is 1. The fourth-order valence-corrected chi connectivity index (χ4v) is 4.97. The zero-order chi connectivity index (χ0) is 26.9. The van der Waals surface area contributed by atoms with Crippen molar-refractivity contribution in [3.8, 4) is 11.1 Å². The fourth-order valence-electron chi connectivity index (χ4n) is 4.72. The van der Waals surface area contributed by atoms with Crippen LogP contribution in [0.1, 0.15) is 36.0 Å². The summed E-state index contributed by atoms with van der Waals surface area (Å²) in [7, 11) is 0. The van der Waals surface area contributed by atoms with Crippen LogP contribution in [-0.2, 0) is 25.6 Å². The lowest BCUT2D eigenvalue weighted by Crippen LogP contribution is -2.50. The van der Waals surface area contributed by atoms with Crippen LogP contribution in [0.4, 0.5) is 4.79 Å². The number of benzene rings is 3. The van der Waals surface area contributed by atoms with Crippen LogP contribution in [-0.4, -0.2) is 54.4 Å². The Balaban J connectivity index is 1.41. The third-order valence-electron chi connectivity index (χ3n) is 6.54. The van der Waals surface area contributed by atoms with Gasteiger partial charge in [-0.15, -0.1) is 0 Å². The molecule has 0 aliphatic heterocycles. The maximum Gasteiger partial charge on any atom is 0.407 e. The second-order valence-corrected chi connectivity index (χ2v) is 9.37. The summed E-state index contributed by atoms with van der Waals surface area (Å²) in [5, 5.41) is 2.67. The van der Waals surface area contributed by atoms with E-state index in [2.05, 4.69) is 30.1 Å². The number of alkyl carbamates (subject to hydrolysis) is 1. The second kappa shape index (κ2) is 13.1. The molecule has 0 saturated heterocycles. The van der Waals surface area contributed by atoms with Gasteiger partial charge in [0.1, 0.15) is 12.6 Å². The van der Waals surface area contributed by atoms with Crippen molar-refractivity contribution in [1.82, 2.24) is 10.2 Å². The van der Waals surface area contributed by atoms with E-state index in [1.54, 1.807) is 6.92 Å². The normalized spacial score (nSPS) is 12.7. The average Bonchev–Trinajstić information content (AvgIpc) is 3.27. The molecule has 0 unspecified atom stereocenters. The van der Waals surface area contributed by atoms with Crippen molar-refractivity contribution in [2.45, 2.75) is 31.8 Å². The summed E-state index contributed by atoms with van der Waals surface area (Å²) < 4.78 is 10.6. The largest absolute Gasteiger partial charge is 0.466 e. The summed E-state index contributed by atoms with van der Waals surface area (Å²) in [5.74, 6) is -0.738. The minimum absolute atomic E-state index is 0.0522. The molecule has 198 valence electrons. The van der Waals surface area contributed by atoms with E-state index in [9.17, 15) is 14.4 Å². The van der Waals surface area contributed by atoms with Crippen molar-refractivity contribution in [2.24, 2.45) is 0 Å². The van der Waals surface area contributed by atoms with Gasteiger partial charge >= 0.3 is 12.1 Å². The Hall–Kier alpha value is -3.78. The number of hydrogen-bond acceptors (Lipinski definition) is 6. The molecule has 0 fully saturated rings. The highest BCUT2D eigenvalue weighted by molar-refractivity contribution is 7.80. The van der Waals surface area contributed by atoms with Gasteiger partial charge in [0.05, 0.1) is 13.0 Å². The van der Waals surface area contributed by atoms with Crippen LogP contribution in [0.3, 0.4) is 0 Å². The number of carbonyl (C=O) groups is 3. The number of hydrogen-bond donors (Lipinski definition) is 2. The molecule has 1 N–H and O–H groups in total. The number of ether oxygens (including phenoxy) is 2. The first kappa shape index (κ1) is 27.3. The Morgan fingerprint density at radius 1 is 0.895 bits per heavy atom. The molecule has 1 aliphatic carbocycles. The van der Waals surface area contributed by atoms with Gasteiger partial charge in [-0.1, -0.05) is 78.9 Å². The first-order valence-corrected chi connectivity index (χ1v) is 13.4. The van der Waals surface area contributed by atoms with Gasteiger partial charge < -0.3 is 19.7 Å². The minimum atomic E-state index is -0.917. The van der Waals surface area contributed by atoms with E-state index in [-0.39, 0.29) is 56.3 Å². The van der Waals surface area contributed by atoms with E-state index in [0.717, 1.165) is 27.8 Å². The monoisotopic (exact) mass is 532 g/mol. The Labute approximate surface area is 228 Å². The highest BCUT2D eigenvalue weighted by Crippen LogP contribution is 2.44. The molecular weight excluding hydrogens is 500 g/mol.